The van der Waals surface area contributed by atoms with E-state index in [-0.39, 0.29) is 11.0 Å². The molecule has 0 unspecified atom stereocenters. The number of nitrogens with zero attached hydrogens (tertiary/aromatic N) is 3. The van der Waals surface area contributed by atoms with E-state index in [1.54, 1.807) is 0 Å². The number of fused-ring (bicyclic) bond motifs is 2. The average Bonchev–Trinajstić information content (AvgIpc) is 3.23. The lowest BCUT2D eigenvalue weighted by molar-refractivity contribution is 0.0476. The molecule has 1 spiro atoms. The van der Waals surface area contributed by atoms with Crippen LogP contribution in [0.1, 0.15) is 24.0 Å². The summed E-state index contributed by atoms with van der Waals surface area (Å²) in [6.07, 6.45) is 4.30. The van der Waals surface area contributed by atoms with Crippen LogP contribution in [0, 0.1) is 5.41 Å². The molecule has 3 N–H and O–H groups in total. The molecule has 3 aromatic rings. The lowest BCUT2D eigenvalue weighted by Gasteiger charge is -2.33. The molecule has 0 radical (unpaired) electrons. The Kier molecular flexibility index (Phi) is 3.39. The molecule has 0 atom stereocenters. The largest absolute Gasteiger partial charge is 0.381 e. The predicted molar refractivity (Wildman–Crippen MR) is 97.3 cm³/mol. The molecule has 26 heavy (non-hydrogen) atoms. The van der Waals surface area contributed by atoms with Crippen molar-refractivity contribution in [1.29, 1.82) is 0 Å². The van der Waals surface area contributed by atoms with Gasteiger partial charge in [0.15, 0.2) is 5.65 Å². The van der Waals surface area contributed by atoms with Gasteiger partial charge in [-0.1, -0.05) is 24.3 Å². The SMILES string of the molecule is O=c1[nH]c(N/N=C2/c3ccccc3CC23CCOCC3)nc2[nH]ncc12. The van der Waals surface area contributed by atoms with Crippen molar-refractivity contribution >= 4 is 22.7 Å². The first kappa shape index (κ1) is 15.3. The van der Waals surface area contributed by atoms with Crippen molar-refractivity contribution in [2.75, 3.05) is 18.6 Å². The van der Waals surface area contributed by atoms with Crippen molar-refractivity contribution in [2.45, 2.75) is 19.3 Å². The molecule has 132 valence electrons. The number of hydrazone groups is 1. The molecular formula is C18H18N6O2. The zero-order valence-corrected chi connectivity index (χ0v) is 14.1. The highest BCUT2D eigenvalue weighted by Crippen LogP contribution is 2.44. The molecule has 1 saturated heterocycles. The van der Waals surface area contributed by atoms with E-state index in [1.165, 1.54) is 11.8 Å². The van der Waals surface area contributed by atoms with Crippen molar-refractivity contribution < 1.29 is 4.74 Å². The molecule has 0 amide bonds. The Morgan fingerprint density at radius 2 is 2.08 bits per heavy atom. The average molecular weight is 350 g/mol. The van der Waals surface area contributed by atoms with Gasteiger partial charge in [-0.15, -0.1) is 0 Å². The van der Waals surface area contributed by atoms with E-state index in [0.29, 0.717) is 17.0 Å². The van der Waals surface area contributed by atoms with Crippen molar-refractivity contribution in [3.8, 4) is 0 Å². The molecule has 0 bridgehead atoms. The predicted octanol–water partition coefficient (Wildman–Crippen LogP) is 1.82. The van der Waals surface area contributed by atoms with E-state index in [2.05, 4.69) is 48.9 Å². The molecule has 0 saturated carbocycles. The summed E-state index contributed by atoms with van der Waals surface area (Å²) in [6, 6.07) is 8.36. The van der Waals surface area contributed by atoms with Gasteiger partial charge in [0.05, 0.1) is 11.9 Å². The van der Waals surface area contributed by atoms with E-state index < -0.39 is 0 Å². The number of H-pyrrole nitrogens is 2. The quantitative estimate of drug-likeness (QED) is 0.611. The second-order valence-electron chi connectivity index (χ2n) is 6.85. The van der Waals surface area contributed by atoms with Gasteiger partial charge >= 0.3 is 0 Å². The second kappa shape index (κ2) is 5.77. The molecular weight excluding hydrogens is 332 g/mol. The zero-order chi connectivity index (χ0) is 17.6. The van der Waals surface area contributed by atoms with E-state index in [1.807, 2.05) is 6.07 Å². The fraction of sp³-hybridized carbons (Fsp3) is 0.333. The minimum absolute atomic E-state index is 0.0205. The summed E-state index contributed by atoms with van der Waals surface area (Å²) in [5.74, 6) is 0.297. The zero-order valence-electron chi connectivity index (χ0n) is 14.1. The second-order valence-corrected chi connectivity index (χ2v) is 6.85. The number of aromatic nitrogens is 4. The number of rotatable bonds is 2. The Morgan fingerprint density at radius 3 is 2.96 bits per heavy atom. The van der Waals surface area contributed by atoms with E-state index in [9.17, 15) is 4.79 Å². The lowest BCUT2D eigenvalue weighted by atomic mass is 9.76. The molecule has 1 aliphatic heterocycles. The Balaban J connectivity index is 1.55. The van der Waals surface area contributed by atoms with Crippen molar-refractivity contribution in [3.63, 3.8) is 0 Å². The maximum atomic E-state index is 12.1. The van der Waals surface area contributed by atoms with Gasteiger partial charge in [0.2, 0.25) is 5.95 Å². The highest BCUT2D eigenvalue weighted by molar-refractivity contribution is 6.09. The van der Waals surface area contributed by atoms with Gasteiger partial charge in [0, 0.05) is 24.2 Å². The first-order valence-electron chi connectivity index (χ1n) is 8.69. The summed E-state index contributed by atoms with van der Waals surface area (Å²) >= 11 is 0. The first-order valence-corrected chi connectivity index (χ1v) is 8.69. The number of hydrogen-bond acceptors (Lipinski definition) is 6. The summed E-state index contributed by atoms with van der Waals surface area (Å²) in [6.45, 7) is 1.48. The van der Waals surface area contributed by atoms with Crippen molar-refractivity contribution in [1.82, 2.24) is 20.2 Å². The van der Waals surface area contributed by atoms with Crippen LogP contribution in [0.25, 0.3) is 11.0 Å². The molecule has 2 aliphatic rings. The minimum Gasteiger partial charge on any atom is -0.381 e. The maximum Gasteiger partial charge on any atom is 0.263 e. The highest BCUT2D eigenvalue weighted by atomic mass is 16.5. The number of anilines is 1. The third-order valence-electron chi connectivity index (χ3n) is 5.35. The monoisotopic (exact) mass is 350 g/mol. The Labute approximate surface area is 148 Å². The topological polar surface area (TPSA) is 108 Å². The molecule has 5 rings (SSSR count). The van der Waals surface area contributed by atoms with Gasteiger partial charge in [0.25, 0.3) is 5.56 Å². The summed E-state index contributed by atoms with van der Waals surface area (Å²) < 4.78 is 5.57. The molecule has 3 heterocycles. The van der Waals surface area contributed by atoms with Gasteiger partial charge in [-0.2, -0.15) is 15.2 Å². The summed E-state index contributed by atoms with van der Waals surface area (Å²) in [7, 11) is 0. The first-order chi connectivity index (χ1) is 12.8. The van der Waals surface area contributed by atoms with Crippen LogP contribution in [0.15, 0.2) is 40.4 Å². The van der Waals surface area contributed by atoms with E-state index in [0.717, 1.165) is 43.8 Å². The Bertz CT molecular complexity index is 1060. The van der Waals surface area contributed by atoms with Crippen LogP contribution in [0.2, 0.25) is 0 Å². The van der Waals surface area contributed by atoms with Gasteiger partial charge in [0.1, 0.15) is 5.39 Å². The molecule has 1 fully saturated rings. The number of hydrogen-bond donors (Lipinski definition) is 3. The molecule has 8 nitrogen and oxygen atoms in total. The van der Waals surface area contributed by atoms with Gasteiger partial charge in [-0.25, -0.2) is 5.43 Å². The van der Waals surface area contributed by atoms with Crippen LogP contribution in [0.4, 0.5) is 5.95 Å². The number of nitrogens with one attached hydrogen (secondary N) is 3. The van der Waals surface area contributed by atoms with Gasteiger partial charge < -0.3 is 4.74 Å². The van der Waals surface area contributed by atoms with Crippen LogP contribution in [-0.2, 0) is 11.2 Å². The van der Waals surface area contributed by atoms with Crippen LogP contribution in [0.3, 0.4) is 0 Å². The standard InChI is InChI=1S/C18H18N6O2/c25-16-13-10-19-23-15(13)20-17(21-16)24-22-14-12-4-2-1-3-11(12)9-18(14)5-7-26-8-6-18/h1-4,10H,5-9H2,(H3,19,20,21,23,24,25)/b22-14-. The highest BCUT2D eigenvalue weighted by Gasteiger charge is 2.44. The van der Waals surface area contributed by atoms with Crippen molar-refractivity contribution in [2.24, 2.45) is 10.5 Å². The molecule has 2 aromatic heterocycles. The third-order valence-corrected chi connectivity index (χ3v) is 5.35. The number of aromatic amines is 2. The van der Waals surface area contributed by atoms with Gasteiger partial charge in [-0.3, -0.25) is 14.9 Å². The van der Waals surface area contributed by atoms with Crippen LogP contribution < -0.4 is 11.0 Å². The summed E-state index contributed by atoms with van der Waals surface area (Å²) in [5, 5.41) is 11.7. The van der Waals surface area contributed by atoms with Crippen LogP contribution >= 0.6 is 0 Å². The maximum absolute atomic E-state index is 12.1. The third kappa shape index (κ3) is 2.33. The fourth-order valence-electron chi connectivity index (χ4n) is 4.00. The number of benzene rings is 1. The molecule has 1 aliphatic carbocycles. The van der Waals surface area contributed by atoms with Crippen molar-refractivity contribution in [3.05, 3.63) is 51.9 Å². The van der Waals surface area contributed by atoms with E-state index >= 15 is 0 Å². The number of ether oxygens (including phenoxy) is 1. The Morgan fingerprint density at radius 1 is 1.23 bits per heavy atom. The smallest absolute Gasteiger partial charge is 0.263 e. The van der Waals surface area contributed by atoms with Crippen LogP contribution in [0.5, 0.6) is 0 Å². The van der Waals surface area contributed by atoms with Gasteiger partial charge in [-0.05, 0) is 24.8 Å². The van der Waals surface area contributed by atoms with E-state index in [4.69, 9.17) is 4.74 Å². The van der Waals surface area contributed by atoms with Crippen LogP contribution in [-0.4, -0.2) is 39.1 Å². The summed E-state index contributed by atoms with van der Waals surface area (Å²) in [5.41, 5.74) is 6.60. The lowest BCUT2D eigenvalue weighted by Crippen LogP contribution is -2.36. The fourth-order valence-corrected chi connectivity index (χ4v) is 4.00. The normalized spacial score (nSPS) is 19.9. The summed E-state index contributed by atoms with van der Waals surface area (Å²) in [4.78, 5) is 19.1. The minimum atomic E-state index is -0.251. The molecule has 8 heteroatoms. The Hall–Kier alpha value is -3.00. The molecule has 1 aromatic carbocycles.